The Bertz CT molecular complexity index is 185. The van der Waals surface area contributed by atoms with Crippen LogP contribution in [0.4, 0.5) is 0 Å². The summed E-state index contributed by atoms with van der Waals surface area (Å²) in [6, 6.07) is -0.431. The zero-order chi connectivity index (χ0) is 9.40. The number of Topliss-reactive ketones (excluding diaryl/α,β-unsaturated/α-hetero) is 1. The molecule has 0 fully saturated rings. The van der Waals surface area contributed by atoms with Gasteiger partial charge in [0.15, 0.2) is 0 Å². The summed E-state index contributed by atoms with van der Waals surface area (Å²) in [4.78, 5) is 13.9. The number of hydrogen-bond acceptors (Lipinski definition) is 2. The fraction of sp³-hybridized carbons (Fsp3) is 0.875. The first-order chi connectivity index (χ1) is 5.76. The van der Waals surface area contributed by atoms with E-state index in [2.05, 4.69) is 10.0 Å². The molecule has 0 spiro atoms. The number of rotatable bonds is 6. The van der Waals surface area contributed by atoms with Crippen molar-refractivity contribution < 1.29 is 4.79 Å². The molecular weight excluding hydrogens is 154 g/mol. The Morgan fingerprint density at radius 2 is 2.17 bits per heavy atom. The minimum Gasteiger partial charge on any atom is -0.299 e. The van der Waals surface area contributed by atoms with Crippen molar-refractivity contribution in [3.05, 3.63) is 10.4 Å². The molecule has 0 aliphatic rings. The van der Waals surface area contributed by atoms with Gasteiger partial charge in [0.05, 0.1) is 6.04 Å². The van der Waals surface area contributed by atoms with Gasteiger partial charge in [-0.3, -0.25) is 4.79 Å². The molecule has 0 amide bonds. The molecule has 0 aliphatic heterocycles. The van der Waals surface area contributed by atoms with Crippen molar-refractivity contribution >= 4 is 5.78 Å². The van der Waals surface area contributed by atoms with Crippen molar-refractivity contribution in [2.75, 3.05) is 0 Å². The molecule has 0 unspecified atom stereocenters. The van der Waals surface area contributed by atoms with Gasteiger partial charge in [0.1, 0.15) is 5.78 Å². The molecule has 0 heterocycles. The van der Waals surface area contributed by atoms with Gasteiger partial charge in [-0.25, -0.2) is 0 Å². The Morgan fingerprint density at radius 3 is 2.58 bits per heavy atom. The lowest BCUT2D eigenvalue weighted by Crippen LogP contribution is -2.17. The summed E-state index contributed by atoms with van der Waals surface area (Å²) >= 11 is 0. The van der Waals surface area contributed by atoms with Gasteiger partial charge < -0.3 is 0 Å². The summed E-state index contributed by atoms with van der Waals surface area (Å²) in [7, 11) is 0. The van der Waals surface area contributed by atoms with Crippen molar-refractivity contribution in [1.29, 1.82) is 0 Å². The van der Waals surface area contributed by atoms with Crippen LogP contribution in [0.1, 0.15) is 39.5 Å². The lowest BCUT2D eigenvalue weighted by atomic mass is 10.1. The third kappa shape index (κ3) is 3.98. The van der Waals surface area contributed by atoms with E-state index in [1.165, 1.54) is 0 Å². The molecule has 0 rings (SSSR count). The average molecular weight is 169 g/mol. The third-order valence-electron chi connectivity index (χ3n) is 1.62. The minimum absolute atomic E-state index is 0.0668. The zero-order valence-corrected chi connectivity index (χ0v) is 7.66. The van der Waals surface area contributed by atoms with E-state index in [-0.39, 0.29) is 5.78 Å². The summed E-state index contributed by atoms with van der Waals surface area (Å²) in [6.45, 7) is 3.91. The molecule has 4 heteroatoms. The molecule has 0 saturated carbocycles. The standard InChI is InChI=1S/C8H15N3O/c1-3-5-7(10-11-9)8(12)6-4-2/h7H,3-6H2,1-2H3/t7-/m1/s1. The molecule has 0 N–H and O–H groups in total. The largest absolute Gasteiger partial charge is 0.299 e. The van der Waals surface area contributed by atoms with E-state index in [1.807, 2.05) is 13.8 Å². The van der Waals surface area contributed by atoms with Crippen LogP contribution in [0.2, 0.25) is 0 Å². The van der Waals surface area contributed by atoms with Gasteiger partial charge >= 0.3 is 0 Å². The van der Waals surface area contributed by atoms with E-state index < -0.39 is 6.04 Å². The van der Waals surface area contributed by atoms with Gasteiger partial charge in [0.25, 0.3) is 0 Å². The first-order valence-corrected chi connectivity index (χ1v) is 4.33. The number of carbonyl (C=O) groups is 1. The first kappa shape index (κ1) is 11.0. The smallest absolute Gasteiger partial charge is 0.141 e. The molecule has 0 aromatic heterocycles. The van der Waals surface area contributed by atoms with E-state index >= 15 is 0 Å². The van der Waals surface area contributed by atoms with Crippen LogP contribution >= 0.6 is 0 Å². The Labute approximate surface area is 72.6 Å². The number of hydrogen-bond donors (Lipinski definition) is 0. The van der Waals surface area contributed by atoms with Crippen LogP contribution < -0.4 is 0 Å². The Kier molecular flexibility index (Phi) is 6.11. The molecule has 0 aliphatic carbocycles. The topological polar surface area (TPSA) is 65.8 Å². The lowest BCUT2D eigenvalue weighted by molar-refractivity contribution is -0.120. The SMILES string of the molecule is CCCC(=O)[C@@H](CCC)N=[N+]=[N-]. The van der Waals surface area contributed by atoms with Crippen molar-refractivity contribution in [1.82, 2.24) is 0 Å². The second kappa shape index (κ2) is 6.68. The summed E-state index contributed by atoms with van der Waals surface area (Å²) in [5.74, 6) is 0.0668. The summed E-state index contributed by atoms with van der Waals surface area (Å²) < 4.78 is 0. The van der Waals surface area contributed by atoms with Crippen LogP contribution in [0.5, 0.6) is 0 Å². The van der Waals surface area contributed by atoms with Gasteiger partial charge in [-0.15, -0.1) is 0 Å². The van der Waals surface area contributed by atoms with Gasteiger partial charge in [0.2, 0.25) is 0 Å². The highest BCUT2D eigenvalue weighted by Gasteiger charge is 2.13. The van der Waals surface area contributed by atoms with Crippen molar-refractivity contribution in [3.8, 4) is 0 Å². The monoisotopic (exact) mass is 169 g/mol. The average Bonchev–Trinajstić information content (AvgIpc) is 2.04. The molecule has 0 bridgehead atoms. The quantitative estimate of drug-likeness (QED) is 0.342. The van der Waals surface area contributed by atoms with Crippen molar-refractivity contribution in [3.63, 3.8) is 0 Å². The first-order valence-electron chi connectivity index (χ1n) is 4.33. The number of azide groups is 1. The van der Waals surface area contributed by atoms with Crippen LogP contribution in [0.15, 0.2) is 5.11 Å². The van der Waals surface area contributed by atoms with Crippen molar-refractivity contribution in [2.24, 2.45) is 5.11 Å². The molecule has 1 atom stereocenters. The second-order valence-electron chi connectivity index (χ2n) is 2.73. The summed E-state index contributed by atoms with van der Waals surface area (Å²) in [5.41, 5.74) is 8.19. The minimum atomic E-state index is -0.431. The number of ketones is 1. The van der Waals surface area contributed by atoms with Crippen LogP contribution in [-0.4, -0.2) is 11.8 Å². The molecule has 4 nitrogen and oxygen atoms in total. The van der Waals surface area contributed by atoms with Crippen LogP contribution in [-0.2, 0) is 4.79 Å². The van der Waals surface area contributed by atoms with Crippen LogP contribution in [0.25, 0.3) is 10.4 Å². The maximum atomic E-state index is 11.3. The number of nitrogens with zero attached hydrogens (tertiary/aromatic N) is 3. The predicted molar refractivity (Wildman–Crippen MR) is 47.8 cm³/mol. The predicted octanol–water partition coefficient (Wildman–Crippen LogP) is 2.83. The van der Waals surface area contributed by atoms with E-state index in [9.17, 15) is 4.79 Å². The summed E-state index contributed by atoms with van der Waals surface area (Å²) in [6.07, 6.45) is 2.88. The normalized spacial score (nSPS) is 11.8. The molecule has 0 aromatic rings. The highest BCUT2D eigenvalue weighted by molar-refractivity contribution is 5.84. The highest BCUT2D eigenvalue weighted by Crippen LogP contribution is 2.07. The Hall–Kier alpha value is -1.02. The molecule has 0 aromatic carbocycles. The van der Waals surface area contributed by atoms with E-state index in [0.717, 1.165) is 12.8 Å². The maximum absolute atomic E-state index is 11.3. The number of carbonyl (C=O) groups excluding carboxylic acids is 1. The zero-order valence-electron chi connectivity index (χ0n) is 7.66. The lowest BCUT2D eigenvalue weighted by Gasteiger charge is -2.06. The van der Waals surface area contributed by atoms with E-state index in [1.54, 1.807) is 0 Å². The van der Waals surface area contributed by atoms with E-state index in [0.29, 0.717) is 12.8 Å². The molecule has 0 saturated heterocycles. The third-order valence-corrected chi connectivity index (χ3v) is 1.62. The molecule has 0 radical (unpaired) electrons. The fourth-order valence-electron chi connectivity index (χ4n) is 1.03. The summed E-state index contributed by atoms with van der Waals surface area (Å²) in [5, 5.41) is 3.46. The molecule has 68 valence electrons. The molecule has 12 heavy (non-hydrogen) atoms. The van der Waals surface area contributed by atoms with Crippen LogP contribution in [0, 0.1) is 0 Å². The highest BCUT2D eigenvalue weighted by atomic mass is 16.1. The van der Waals surface area contributed by atoms with E-state index in [4.69, 9.17) is 5.53 Å². The van der Waals surface area contributed by atoms with Gasteiger partial charge in [-0.05, 0) is 18.4 Å². The maximum Gasteiger partial charge on any atom is 0.141 e. The van der Waals surface area contributed by atoms with Crippen molar-refractivity contribution in [2.45, 2.75) is 45.6 Å². The molecular formula is C8H15N3O. The Balaban J connectivity index is 4.08. The van der Waals surface area contributed by atoms with Gasteiger partial charge in [0, 0.05) is 11.3 Å². The van der Waals surface area contributed by atoms with Gasteiger partial charge in [-0.2, -0.15) is 0 Å². The van der Waals surface area contributed by atoms with Crippen LogP contribution in [0.3, 0.4) is 0 Å². The Morgan fingerprint density at radius 1 is 1.50 bits per heavy atom. The second-order valence-corrected chi connectivity index (χ2v) is 2.73. The fourth-order valence-corrected chi connectivity index (χ4v) is 1.03. The van der Waals surface area contributed by atoms with Gasteiger partial charge in [-0.1, -0.05) is 25.4 Å².